The van der Waals surface area contributed by atoms with E-state index < -0.39 is 0 Å². The molecule has 0 atom stereocenters. The Hall–Kier alpha value is -3.33. The molecular weight excluding hydrogens is 495 g/mol. The number of benzene rings is 3. The number of thioether (sulfide) groups is 1. The number of anilines is 2. The van der Waals surface area contributed by atoms with Crippen molar-refractivity contribution in [1.82, 2.24) is 5.32 Å². The molecule has 0 aliphatic carbocycles. The van der Waals surface area contributed by atoms with Gasteiger partial charge in [-0.2, -0.15) is 10.1 Å². The largest absolute Gasteiger partial charge is 0.322 e. The second-order valence-electron chi connectivity index (χ2n) is 7.20. The van der Waals surface area contributed by atoms with Crippen LogP contribution in [-0.2, 0) is 9.59 Å². The van der Waals surface area contributed by atoms with Gasteiger partial charge in [0.25, 0.3) is 11.8 Å². The number of carbonyl (C=O) groups is 3. The van der Waals surface area contributed by atoms with Gasteiger partial charge in [-0.05, 0) is 54.6 Å². The summed E-state index contributed by atoms with van der Waals surface area (Å²) in [6.45, 7) is 0. The smallest absolute Gasteiger partial charge is 0.257 e. The number of carbonyl (C=O) groups excluding carboxylic acids is 3. The number of para-hydroxylation sites is 1. The Bertz CT molecular complexity index is 1270. The van der Waals surface area contributed by atoms with Crippen molar-refractivity contribution < 1.29 is 14.4 Å². The Morgan fingerprint density at radius 1 is 0.971 bits per heavy atom. The van der Waals surface area contributed by atoms with Crippen LogP contribution in [0.1, 0.15) is 16.8 Å². The zero-order valence-corrected chi connectivity index (χ0v) is 20.0. The molecule has 172 valence electrons. The summed E-state index contributed by atoms with van der Waals surface area (Å²) in [6, 6.07) is 20.8. The predicted octanol–water partition coefficient (Wildman–Crippen LogP) is 5.20. The average molecular weight is 513 g/mol. The lowest BCUT2D eigenvalue weighted by Gasteiger charge is -2.10. The first-order valence-electron chi connectivity index (χ1n) is 10.1. The van der Waals surface area contributed by atoms with Crippen LogP contribution in [0.25, 0.3) is 0 Å². The molecule has 1 heterocycles. The van der Waals surface area contributed by atoms with Crippen molar-refractivity contribution in [3.63, 3.8) is 0 Å². The maximum absolute atomic E-state index is 12.4. The van der Waals surface area contributed by atoms with E-state index in [1.165, 1.54) is 22.8 Å². The van der Waals surface area contributed by atoms with Crippen molar-refractivity contribution in [3.05, 3.63) is 88.4 Å². The van der Waals surface area contributed by atoms with Gasteiger partial charge >= 0.3 is 0 Å². The van der Waals surface area contributed by atoms with Crippen LogP contribution in [-0.4, -0.2) is 29.3 Å². The van der Waals surface area contributed by atoms with Crippen LogP contribution in [0.4, 0.5) is 11.4 Å². The molecule has 3 amide bonds. The van der Waals surface area contributed by atoms with Crippen LogP contribution in [0.15, 0.2) is 82.8 Å². The van der Waals surface area contributed by atoms with Gasteiger partial charge in [-0.25, -0.2) is 0 Å². The van der Waals surface area contributed by atoms with E-state index in [0.717, 1.165) is 4.90 Å². The number of hydrogen-bond acceptors (Lipinski definition) is 5. The topological polar surface area (TPSA) is 90.9 Å². The van der Waals surface area contributed by atoms with E-state index in [1.54, 1.807) is 48.5 Å². The Kier molecular flexibility index (Phi) is 7.52. The molecule has 3 aromatic carbocycles. The first kappa shape index (κ1) is 23.8. The number of hydrogen-bond donors (Lipinski definition) is 2. The van der Waals surface area contributed by atoms with Crippen LogP contribution >= 0.6 is 35.0 Å². The molecule has 7 nitrogen and oxygen atoms in total. The maximum Gasteiger partial charge on any atom is 0.257 e. The molecule has 0 unspecified atom stereocenters. The fraction of sp³-hybridized carbons (Fsp3) is 0.0833. The van der Waals surface area contributed by atoms with Gasteiger partial charge in [-0.15, -0.1) is 11.8 Å². The highest BCUT2D eigenvalue weighted by atomic mass is 35.5. The van der Waals surface area contributed by atoms with Gasteiger partial charge in [-0.3, -0.25) is 14.4 Å². The fourth-order valence-electron chi connectivity index (χ4n) is 3.12. The zero-order chi connectivity index (χ0) is 24.1. The summed E-state index contributed by atoms with van der Waals surface area (Å²) in [4.78, 5) is 37.8. The Labute approximate surface area is 210 Å². The molecule has 2 N–H and O–H groups in total. The highest BCUT2D eigenvalue weighted by Gasteiger charge is 2.26. The van der Waals surface area contributed by atoms with Gasteiger partial charge in [0.05, 0.1) is 28.4 Å². The Morgan fingerprint density at radius 2 is 1.71 bits per heavy atom. The molecule has 1 aliphatic rings. The molecule has 0 saturated carbocycles. The number of amidine groups is 1. The van der Waals surface area contributed by atoms with Gasteiger partial charge in [0, 0.05) is 15.6 Å². The molecule has 0 aromatic heterocycles. The summed E-state index contributed by atoms with van der Waals surface area (Å²) in [5.74, 6) is -0.353. The molecule has 0 saturated heterocycles. The first-order chi connectivity index (χ1) is 16.4. The third-order valence-corrected chi connectivity index (χ3v) is 6.28. The normalized spacial score (nSPS) is 12.9. The van der Waals surface area contributed by atoms with Crippen molar-refractivity contribution in [3.8, 4) is 0 Å². The van der Waals surface area contributed by atoms with E-state index in [4.69, 9.17) is 23.2 Å². The van der Waals surface area contributed by atoms with E-state index in [1.807, 2.05) is 18.2 Å². The van der Waals surface area contributed by atoms with Crippen LogP contribution < -0.4 is 15.6 Å². The van der Waals surface area contributed by atoms with Crippen molar-refractivity contribution in [2.24, 2.45) is 5.10 Å². The van der Waals surface area contributed by atoms with E-state index in [0.29, 0.717) is 27.8 Å². The standard InChI is InChI=1S/C24H18Cl2N4O3S/c25-15-6-11-19(20(26)12-15)24(33)27-16-7-9-18(10-8-16)34-14-22(31)28-21-13-23(32)30(29-21)17-4-2-1-3-5-17/h1-12H,13-14H2,(H,27,33)(H,28,29,31). The number of nitrogens with one attached hydrogen (secondary N) is 2. The quantitative estimate of drug-likeness (QED) is 0.443. The van der Waals surface area contributed by atoms with Crippen molar-refractivity contribution in [2.45, 2.75) is 11.3 Å². The summed E-state index contributed by atoms with van der Waals surface area (Å²) in [5, 5.41) is 11.7. The third kappa shape index (κ3) is 5.96. The van der Waals surface area contributed by atoms with Gasteiger partial charge in [0.2, 0.25) is 5.91 Å². The number of hydrazone groups is 1. The fourth-order valence-corrected chi connectivity index (χ4v) is 4.32. The second-order valence-corrected chi connectivity index (χ2v) is 9.10. The lowest BCUT2D eigenvalue weighted by Crippen LogP contribution is -2.31. The van der Waals surface area contributed by atoms with Crippen LogP contribution in [0, 0.1) is 0 Å². The molecule has 0 spiro atoms. The molecule has 10 heteroatoms. The van der Waals surface area contributed by atoms with Crippen LogP contribution in [0.3, 0.4) is 0 Å². The molecule has 1 aliphatic heterocycles. The van der Waals surface area contributed by atoms with Gasteiger partial charge < -0.3 is 10.6 Å². The monoisotopic (exact) mass is 512 g/mol. The van der Waals surface area contributed by atoms with Gasteiger partial charge in [0.1, 0.15) is 5.84 Å². The molecule has 34 heavy (non-hydrogen) atoms. The van der Waals surface area contributed by atoms with Gasteiger partial charge in [0.15, 0.2) is 0 Å². The minimum absolute atomic E-state index is 0.0390. The first-order valence-corrected chi connectivity index (χ1v) is 11.9. The third-order valence-electron chi connectivity index (χ3n) is 4.72. The van der Waals surface area contributed by atoms with Crippen molar-refractivity contribution >= 4 is 69.9 Å². The van der Waals surface area contributed by atoms with Crippen molar-refractivity contribution in [1.29, 1.82) is 0 Å². The van der Waals surface area contributed by atoms with Crippen LogP contribution in [0.5, 0.6) is 0 Å². The highest BCUT2D eigenvalue weighted by molar-refractivity contribution is 8.00. The number of rotatable bonds is 6. The predicted molar refractivity (Wildman–Crippen MR) is 136 cm³/mol. The minimum atomic E-state index is -0.349. The summed E-state index contributed by atoms with van der Waals surface area (Å²) < 4.78 is 0. The molecule has 0 fully saturated rings. The second kappa shape index (κ2) is 10.7. The molecule has 3 aromatic rings. The zero-order valence-electron chi connectivity index (χ0n) is 17.6. The number of nitrogens with zero attached hydrogens (tertiary/aromatic N) is 2. The number of halogens is 2. The minimum Gasteiger partial charge on any atom is -0.322 e. The molecule has 0 radical (unpaired) electrons. The number of amides is 3. The summed E-state index contributed by atoms with van der Waals surface area (Å²) in [7, 11) is 0. The SMILES string of the molecule is O=C(CSc1ccc(NC(=O)c2ccc(Cl)cc2Cl)cc1)NC1=NN(c2ccccc2)C(=O)C1. The van der Waals surface area contributed by atoms with E-state index >= 15 is 0 Å². The molecular formula is C24H18Cl2N4O3S. The lowest BCUT2D eigenvalue weighted by molar-refractivity contribution is -0.117. The van der Waals surface area contributed by atoms with Crippen molar-refractivity contribution in [2.75, 3.05) is 16.1 Å². The Morgan fingerprint density at radius 3 is 2.41 bits per heavy atom. The van der Waals surface area contributed by atoms with E-state index in [9.17, 15) is 14.4 Å². The van der Waals surface area contributed by atoms with E-state index in [-0.39, 0.29) is 34.9 Å². The average Bonchev–Trinajstić information content (AvgIpc) is 3.18. The maximum atomic E-state index is 12.4. The lowest BCUT2D eigenvalue weighted by atomic mass is 10.2. The van der Waals surface area contributed by atoms with E-state index in [2.05, 4.69) is 15.7 Å². The molecule has 4 rings (SSSR count). The summed E-state index contributed by atoms with van der Waals surface area (Å²) in [5.41, 5.74) is 1.56. The summed E-state index contributed by atoms with van der Waals surface area (Å²) in [6.07, 6.45) is 0.0390. The van der Waals surface area contributed by atoms with Crippen LogP contribution in [0.2, 0.25) is 10.0 Å². The van der Waals surface area contributed by atoms with Gasteiger partial charge in [-0.1, -0.05) is 41.4 Å². The summed E-state index contributed by atoms with van der Waals surface area (Å²) >= 11 is 13.3. The highest BCUT2D eigenvalue weighted by Crippen LogP contribution is 2.24. The molecule has 0 bridgehead atoms. The Balaban J connectivity index is 1.28.